The minimum absolute atomic E-state index is 0.178. The molecule has 4 heterocycles. The number of hydrogen-bond acceptors (Lipinski definition) is 8. The van der Waals surface area contributed by atoms with E-state index in [0.29, 0.717) is 34.3 Å². The van der Waals surface area contributed by atoms with Crippen LogP contribution in [0.5, 0.6) is 11.5 Å². The number of thiophene rings is 1. The second-order valence-electron chi connectivity index (χ2n) is 8.45. The van der Waals surface area contributed by atoms with Crippen LogP contribution < -0.4 is 14.4 Å². The second-order valence-corrected chi connectivity index (χ2v) is 10.4. The summed E-state index contributed by atoms with van der Waals surface area (Å²) in [5.74, 6) is 1.11. The molecule has 6 rings (SSSR count). The number of para-hydroxylation sites is 1. The molecule has 0 aliphatic heterocycles. The maximum absolute atomic E-state index is 14.5. The summed E-state index contributed by atoms with van der Waals surface area (Å²) < 4.78 is 12.0. The van der Waals surface area contributed by atoms with Crippen molar-refractivity contribution in [2.45, 2.75) is 6.54 Å². The molecule has 38 heavy (non-hydrogen) atoms. The molecule has 2 aromatic carbocycles. The maximum atomic E-state index is 14.5. The monoisotopic (exact) mass is 538 g/mol. The van der Waals surface area contributed by atoms with Crippen molar-refractivity contribution in [3.63, 3.8) is 0 Å². The van der Waals surface area contributed by atoms with E-state index < -0.39 is 0 Å². The van der Waals surface area contributed by atoms with Gasteiger partial charge in [-0.05, 0) is 47.3 Å². The maximum Gasteiger partial charge on any atom is 0.261 e. The smallest absolute Gasteiger partial charge is 0.261 e. The lowest BCUT2D eigenvalue weighted by Gasteiger charge is -2.21. The molecule has 7 nitrogen and oxygen atoms in total. The third kappa shape index (κ3) is 4.36. The Kier molecular flexibility index (Phi) is 6.45. The number of fused-ring (bicyclic) bond motifs is 2. The summed E-state index contributed by atoms with van der Waals surface area (Å²) in [7, 11) is 3.22. The summed E-state index contributed by atoms with van der Waals surface area (Å²) in [6.45, 7) is 0.294. The number of benzene rings is 2. The molecule has 4 aromatic heterocycles. The third-order valence-corrected chi connectivity index (χ3v) is 8.14. The van der Waals surface area contributed by atoms with Crippen LogP contribution in [0.1, 0.15) is 15.9 Å². The molecule has 0 atom stereocenters. The lowest BCUT2D eigenvalue weighted by Crippen LogP contribution is -2.30. The van der Waals surface area contributed by atoms with Crippen LogP contribution in [0, 0.1) is 0 Å². The zero-order chi connectivity index (χ0) is 26.1. The number of anilines is 1. The van der Waals surface area contributed by atoms with Gasteiger partial charge in [-0.3, -0.25) is 14.7 Å². The number of amides is 1. The molecule has 9 heteroatoms. The predicted octanol–water partition coefficient (Wildman–Crippen LogP) is 6.83. The van der Waals surface area contributed by atoms with Gasteiger partial charge < -0.3 is 9.47 Å². The van der Waals surface area contributed by atoms with Crippen molar-refractivity contribution in [3.8, 4) is 22.1 Å². The van der Waals surface area contributed by atoms with Crippen molar-refractivity contribution in [2.75, 3.05) is 19.1 Å². The highest BCUT2D eigenvalue weighted by Crippen LogP contribution is 2.41. The summed E-state index contributed by atoms with van der Waals surface area (Å²) in [5, 5.41) is 3.32. The second kappa shape index (κ2) is 10.2. The fourth-order valence-electron chi connectivity index (χ4n) is 4.34. The van der Waals surface area contributed by atoms with E-state index in [9.17, 15) is 4.79 Å². The van der Waals surface area contributed by atoms with E-state index in [0.717, 1.165) is 31.7 Å². The fourth-order valence-corrected chi connectivity index (χ4v) is 6.10. The summed E-state index contributed by atoms with van der Waals surface area (Å²) in [5.41, 5.74) is 3.61. The van der Waals surface area contributed by atoms with E-state index in [1.165, 1.54) is 11.3 Å². The quantitative estimate of drug-likeness (QED) is 0.222. The Morgan fingerprint density at radius 1 is 0.947 bits per heavy atom. The fraction of sp³-hybridized carbons (Fsp3) is 0.103. The molecule has 188 valence electrons. The van der Waals surface area contributed by atoms with Crippen LogP contribution in [0.2, 0.25) is 0 Å². The van der Waals surface area contributed by atoms with Gasteiger partial charge in [0, 0.05) is 17.8 Å². The van der Waals surface area contributed by atoms with Crippen LogP contribution >= 0.6 is 22.7 Å². The van der Waals surface area contributed by atoms with E-state index in [2.05, 4.69) is 4.98 Å². The summed E-state index contributed by atoms with van der Waals surface area (Å²) in [6.07, 6.45) is 3.48. The standard InChI is InChI=1S/C29H22N4O3S2/c1-35-23-11-12-24(36-2)27-26(23)32-29(38-27)33(17-18-7-5-13-30-16-18)28(34)20-15-22(25-10-6-14-37-25)31-21-9-4-3-8-19(20)21/h3-16H,17H2,1-2H3. The molecular weight excluding hydrogens is 516 g/mol. The molecule has 0 saturated carbocycles. The Morgan fingerprint density at radius 3 is 2.55 bits per heavy atom. The predicted molar refractivity (Wildman–Crippen MR) is 153 cm³/mol. The number of hydrogen-bond donors (Lipinski definition) is 0. The molecule has 6 aromatic rings. The molecule has 0 N–H and O–H groups in total. The summed E-state index contributed by atoms with van der Waals surface area (Å²) in [4.78, 5) is 31.1. The molecular formula is C29H22N4O3S2. The number of nitrogens with zero attached hydrogens (tertiary/aromatic N) is 4. The Bertz CT molecular complexity index is 1710. The van der Waals surface area contributed by atoms with Crippen molar-refractivity contribution in [3.05, 3.63) is 95.6 Å². The first kappa shape index (κ1) is 24.0. The van der Waals surface area contributed by atoms with Crippen LogP contribution in [0.4, 0.5) is 5.13 Å². The van der Waals surface area contributed by atoms with E-state index in [1.807, 2.05) is 72.1 Å². The lowest BCUT2D eigenvalue weighted by molar-refractivity contribution is 0.0986. The SMILES string of the molecule is COc1ccc(OC)c2sc(N(Cc3cccnc3)C(=O)c3cc(-c4cccs4)nc4ccccc34)nc12. The molecule has 0 radical (unpaired) electrons. The number of pyridine rings is 2. The number of ether oxygens (including phenoxy) is 2. The Labute approximate surface area is 227 Å². The molecule has 0 unspecified atom stereocenters. The van der Waals surface area contributed by atoms with Crippen molar-refractivity contribution < 1.29 is 14.3 Å². The van der Waals surface area contributed by atoms with Crippen molar-refractivity contribution in [1.82, 2.24) is 15.0 Å². The van der Waals surface area contributed by atoms with Crippen molar-refractivity contribution in [1.29, 1.82) is 0 Å². The number of rotatable bonds is 7. The van der Waals surface area contributed by atoms with Crippen LogP contribution in [0.25, 0.3) is 31.7 Å². The Hall–Kier alpha value is -4.34. The topological polar surface area (TPSA) is 77.4 Å². The first-order valence-electron chi connectivity index (χ1n) is 11.8. The molecule has 0 bridgehead atoms. The number of aromatic nitrogens is 3. The van der Waals surface area contributed by atoms with Crippen molar-refractivity contribution in [2.24, 2.45) is 0 Å². The van der Waals surface area contributed by atoms with Gasteiger partial charge >= 0.3 is 0 Å². The molecule has 0 aliphatic rings. The number of methoxy groups -OCH3 is 2. The molecule has 0 fully saturated rings. The Morgan fingerprint density at radius 2 is 1.79 bits per heavy atom. The highest BCUT2D eigenvalue weighted by atomic mass is 32.1. The van der Waals surface area contributed by atoms with Gasteiger partial charge in [0.2, 0.25) is 0 Å². The zero-order valence-corrected chi connectivity index (χ0v) is 22.3. The molecule has 0 saturated heterocycles. The first-order chi connectivity index (χ1) is 18.7. The molecule has 0 spiro atoms. The highest BCUT2D eigenvalue weighted by molar-refractivity contribution is 7.22. The van der Waals surface area contributed by atoms with Gasteiger partial charge in [-0.1, -0.05) is 41.7 Å². The zero-order valence-electron chi connectivity index (χ0n) is 20.6. The van der Waals surface area contributed by atoms with Gasteiger partial charge in [-0.2, -0.15) is 0 Å². The number of carbonyl (C=O) groups is 1. The van der Waals surface area contributed by atoms with Gasteiger partial charge in [0.25, 0.3) is 5.91 Å². The minimum Gasteiger partial charge on any atom is -0.495 e. The van der Waals surface area contributed by atoms with Crippen LogP contribution in [-0.4, -0.2) is 35.1 Å². The van der Waals surface area contributed by atoms with Crippen LogP contribution in [0.15, 0.2) is 84.5 Å². The van der Waals surface area contributed by atoms with Gasteiger partial charge in [0.15, 0.2) is 5.13 Å². The largest absolute Gasteiger partial charge is 0.495 e. The van der Waals surface area contributed by atoms with Crippen LogP contribution in [-0.2, 0) is 6.54 Å². The average Bonchev–Trinajstić information content (AvgIpc) is 3.66. The van der Waals surface area contributed by atoms with Gasteiger partial charge in [-0.25, -0.2) is 9.97 Å². The summed E-state index contributed by atoms with van der Waals surface area (Å²) in [6, 6.07) is 21.1. The first-order valence-corrected chi connectivity index (χ1v) is 13.5. The van der Waals surface area contributed by atoms with E-state index in [1.54, 1.807) is 42.8 Å². The minimum atomic E-state index is -0.178. The average molecular weight is 539 g/mol. The number of thiazole rings is 1. The molecule has 1 amide bonds. The van der Waals surface area contributed by atoms with Gasteiger partial charge in [0.1, 0.15) is 21.7 Å². The highest BCUT2D eigenvalue weighted by Gasteiger charge is 2.26. The number of carbonyl (C=O) groups excluding carboxylic acids is 1. The van der Waals surface area contributed by atoms with Crippen molar-refractivity contribution >= 4 is 54.8 Å². The third-order valence-electron chi connectivity index (χ3n) is 6.16. The normalized spacial score (nSPS) is 11.1. The van der Waals surface area contributed by atoms with Crippen LogP contribution in [0.3, 0.4) is 0 Å². The van der Waals surface area contributed by atoms with E-state index in [4.69, 9.17) is 19.4 Å². The molecule has 0 aliphatic carbocycles. The Balaban J connectivity index is 1.54. The van der Waals surface area contributed by atoms with E-state index >= 15 is 0 Å². The van der Waals surface area contributed by atoms with Gasteiger partial charge in [0.05, 0.1) is 42.4 Å². The van der Waals surface area contributed by atoms with Gasteiger partial charge in [-0.15, -0.1) is 11.3 Å². The lowest BCUT2D eigenvalue weighted by atomic mass is 10.1. The summed E-state index contributed by atoms with van der Waals surface area (Å²) >= 11 is 2.98. The van der Waals surface area contributed by atoms with E-state index in [-0.39, 0.29) is 5.91 Å².